The topological polar surface area (TPSA) is 29.5 Å². The van der Waals surface area contributed by atoms with E-state index in [1.807, 2.05) is 23.6 Å². The van der Waals surface area contributed by atoms with Gasteiger partial charge in [-0.25, -0.2) is 4.79 Å². The van der Waals surface area contributed by atoms with Gasteiger partial charge in [0.15, 0.2) is 0 Å². The highest BCUT2D eigenvalue weighted by molar-refractivity contribution is 8.00. The third-order valence-corrected chi connectivity index (χ3v) is 5.48. The number of ether oxygens (including phenoxy) is 1. The standard InChI is InChI=1S/C16H21NO2S/c1-2-19-16(18)17-12-8-9-13(17)11-15(10-12)20-14-6-4-3-5-7-14/h3-7,12-13,15H,2,8-11H2,1H3/t12-,13+,15?. The van der Waals surface area contributed by atoms with Gasteiger partial charge in [0.2, 0.25) is 0 Å². The molecule has 2 bridgehead atoms. The van der Waals surface area contributed by atoms with Crippen LogP contribution in [0.15, 0.2) is 35.2 Å². The molecule has 2 saturated heterocycles. The van der Waals surface area contributed by atoms with E-state index in [0.29, 0.717) is 23.9 Å². The molecule has 1 aromatic carbocycles. The number of piperidine rings is 1. The van der Waals surface area contributed by atoms with Crippen LogP contribution in [-0.4, -0.2) is 34.9 Å². The Kier molecular flexibility index (Phi) is 4.20. The quantitative estimate of drug-likeness (QED) is 0.845. The highest BCUT2D eigenvalue weighted by Gasteiger charge is 2.44. The lowest BCUT2D eigenvalue weighted by Gasteiger charge is -2.37. The van der Waals surface area contributed by atoms with E-state index in [4.69, 9.17) is 4.74 Å². The predicted octanol–water partition coefficient (Wildman–Crippen LogP) is 3.93. The minimum atomic E-state index is -0.108. The molecule has 0 N–H and O–H groups in total. The molecule has 0 saturated carbocycles. The first-order valence-electron chi connectivity index (χ1n) is 7.44. The Balaban J connectivity index is 1.63. The van der Waals surface area contributed by atoms with Crippen LogP contribution in [0.25, 0.3) is 0 Å². The first kappa shape index (κ1) is 13.8. The molecule has 0 aromatic heterocycles. The number of benzene rings is 1. The van der Waals surface area contributed by atoms with Crippen molar-refractivity contribution >= 4 is 17.9 Å². The molecule has 108 valence electrons. The van der Waals surface area contributed by atoms with Crippen molar-refractivity contribution in [2.75, 3.05) is 6.61 Å². The lowest BCUT2D eigenvalue weighted by atomic mass is 10.0. The van der Waals surface area contributed by atoms with Gasteiger partial charge in [-0.3, -0.25) is 0 Å². The normalized spacial score (nSPS) is 28.4. The molecule has 2 heterocycles. The summed E-state index contributed by atoms with van der Waals surface area (Å²) in [6.07, 6.45) is 4.34. The summed E-state index contributed by atoms with van der Waals surface area (Å²) in [4.78, 5) is 15.4. The lowest BCUT2D eigenvalue weighted by molar-refractivity contribution is 0.0747. The number of fused-ring (bicyclic) bond motifs is 2. The second kappa shape index (κ2) is 6.08. The van der Waals surface area contributed by atoms with Crippen LogP contribution in [0, 0.1) is 0 Å². The Morgan fingerprint density at radius 2 is 1.90 bits per heavy atom. The Morgan fingerprint density at radius 1 is 1.25 bits per heavy atom. The Bertz CT molecular complexity index is 451. The van der Waals surface area contributed by atoms with E-state index in [1.165, 1.54) is 4.90 Å². The molecule has 2 aliphatic rings. The minimum absolute atomic E-state index is 0.108. The van der Waals surface area contributed by atoms with E-state index in [1.54, 1.807) is 0 Å². The van der Waals surface area contributed by atoms with Crippen molar-refractivity contribution in [2.24, 2.45) is 0 Å². The second-order valence-electron chi connectivity index (χ2n) is 5.52. The molecule has 1 unspecified atom stereocenters. The molecule has 1 amide bonds. The van der Waals surface area contributed by atoms with Gasteiger partial charge >= 0.3 is 6.09 Å². The second-order valence-corrected chi connectivity index (χ2v) is 6.89. The molecule has 1 aromatic rings. The maximum absolute atomic E-state index is 12.0. The van der Waals surface area contributed by atoms with Crippen molar-refractivity contribution in [3.8, 4) is 0 Å². The van der Waals surface area contributed by atoms with Crippen molar-refractivity contribution in [3.63, 3.8) is 0 Å². The van der Waals surface area contributed by atoms with E-state index >= 15 is 0 Å². The molecule has 0 spiro atoms. The van der Waals surface area contributed by atoms with Gasteiger partial charge in [0.25, 0.3) is 0 Å². The van der Waals surface area contributed by atoms with Gasteiger partial charge in [-0.2, -0.15) is 0 Å². The molecule has 4 heteroatoms. The fourth-order valence-corrected chi connectivity index (χ4v) is 4.75. The Morgan fingerprint density at radius 3 is 2.50 bits per heavy atom. The highest BCUT2D eigenvalue weighted by Crippen LogP contribution is 2.42. The van der Waals surface area contributed by atoms with E-state index in [2.05, 4.69) is 30.3 Å². The number of hydrogen-bond acceptors (Lipinski definition) is 3. The van der Waals surface area contributed by atoms with E-state index in [9.17, 15) is 4.79 Å². The van der Waals surface area contributed by atoms with Crippen LogP contribution < -0.4 is 0 Å². The summed E-state index contributed by atoms with van der Waals surface area (Å²) in [5, 5.41) is 0.626. The van der Waals surface area contributed by atoms with Crippen LogP contribution >= 0.6 is 11.8 Å². The third-order valence-electron chi connectivity index (χ3n) is 4.21. The first-order chi connectivity index (χ1) is 9.78. The molecule has 3 atom stereocenters. The number of rotatable bonds is 3. The number of hydrogen-bond donors (Lipinski definition) is 0. The van der Waals surface area contributed by atoms with Crippen molar-refractivity contribution in [3.05, 3.63) is 30.3 Å². The van der Waals surface area contributed by atoms with Crippen LogP contribution in [0.2, 0.25) is 0 Å². The average molecular weight is 291 g/mol. The average Bonchev–Trinajstić information content (AvgIpc) is 2.72. The number of carbonyl (C=O) groups is 1. The zero-order valence-electron chi connectivity index (χ0n) is 11.8. The van der Waals surface area contributed by atoms with E-state index in [-0.39, 0.29) is 6.09 Å². The molecule has 20 heavy (non-hydrogen) atoms. The first-order valence-corrected chi connectivity index (χ1v) is 8.32. The maximum Gasteiger partial charge on any atom is 0.410 e. The Hall–Kier alpha value is -1.16. The fourth-order valence-electron chi connectivity index (χ4n) is 3.41. The van der Waals surface area contributed by atoms with Crippen LogP contribution in [0.3, 0.4) is 0 Å². The Labute approximate surface area is 124 Å². The molecule has 0 radical (unpaired) electrons. The van der Waals surface area contributed by atoms with Crippen molar-refractivity contribution in [1.29, 1.82) is 0 Å². The number of nitrogens with zero attached hydrogens (tertiary/aromatic N) is 1. The largest absolute Gasteiger partial charge is 0.450 e. The summed E-state index contributed by atoms with van der Waals surface area (Å²) >= 11 is 1.96. The van der Waals surface area contributed by atoms with Crippen molar-refractivity contribution in [2.45, 2.75) is 54.8 Å². The number of carbonyl (C=O) groups excluding carboxylic acids is 1. The minimum Gasteiger partial charge on any atom is -0.450 e. The van der Waals surface area contributed by atoms with E-state index in [0.717, 1.165) is 25.7 Å². The van der Waals surface area contributed by atoms with Gasteiger partial charge in [-0.1, -0.05) is 18.2 Å². The molecular weight excluding hydrogens is 270 g/mol. The summed E-state index contributed by atoms with van der Waals surface area (Å²) < 4.78 is 5.20. The molecule has 2 aliphatic heterocycles. The van der Waals surface area contributed by atoms with Crippen LogP contribution in [-0.2, 0) is 4.74 Å². The molecule has 0 aliphatic carbocycles. The fraction of sp³-hybridized carbons (Fsp3) is 0.562. The van der Waals surface area contributed by atoms with Crippen LogP contribution in [0.4, 0.5) is 4.79 Å². The number of thioether (sulfide) groups is 1. The summed E-state index contributed by atoms with van der Waals surface area (Å²) in [7, 11) is 0. The van der Waals surface area contributed by atoms with Gasteiger partial charge in [-0.05, 0) is 44.7 Å². The third kappa shape index (κ3) is 2.80. The summed E-state index contributed by atoms with van der Waals surface area (Å²) in [6, 6.07) is 11.3. The van der Waals surface area contributed by atoms with Crippen molar-refractivity contribution < 1.29 is 9.53 Å². The summed E-state index contributed by atoms with van der Waals surface area (Å²) in [5.74, 6) is 0. The zero-order chi connectivity index (χ0) is 13.9. The van der Waals surface area contributed by atoms with E-state index < -0.39 is 0 Å². The SMILES string of the molecule is CCOC(=O)N1[C@@H]2CC[C@H]1CC(Sc1ccccc1)C2. The van der Waals surface area contributed by atoms with Crippen LogP contribution in [0.5, 0.6) is 0 Å². The van der Waals surface area contributed by atoms with Gasteiger partial charge < -0.3 is 9.64 Å². The van der Waals surface area contributed by atoms with Crippen molar-refractivity contribution in [1.82, 2.24) is 4.90 Å². The lowest BCUT2D eigenvalue weighted by Crippen LogP contribution is -2.47. The van der Waals surface area contributed by atoms with Gasteiger partial charge in [0, 0.05) is 22.2 Å². The predicted molar refractivity (Wildman–Crippen MR) is 81.0 cm³/mol. The van der Waals surface area contributed by atoms with Gasteiger partial charge in [0.1, 0.15) is 0 Å². The van der Waals surface area contributed by atoms with Gasteiger partial charge in [-0.15, -0.1) is 11.8 Å². The zero-order valence-corrected chi connectivity index (χ0v) is 12.6. The maximum atomic E-state index is 12.0. The highest BCUT2D eigenvalue weighted by atomic mass is 32.2. The smallest absolute Gasteiger partial charge is 0.410 e. The molecule has 2 fully saturated rings. The molecule has 3 nitrogen and oxygen atoms in total. The monoisotopic (exact) mass is 291 g/mol. The molecule has 3 rings (SSSR count). The summed E-state index contributed by atoms with van der Waals surface area (Å²) in [6.45, 7) is 2.34. The summed E-state index contributed by atoms with van der Waals surface area (Å²) in [5.41, 5.74) is 0. The number of amides is 1. The van der Waals surface area contributed by atoms with Gasteiger partial charge in [0.05, 0.1) is 6.61 Å². The van der Waals surface area contributed by atoms with Crippen LogP contribution in [0.1, 0.15) is 32.6 Å². The molecular formula is C16H21NO2S.